The van der Waals surface area contributed by atoms with Crippen LogP contribution in [0.15, 0.2) is 20.0 Å². The van der Waals surface area contributed by atoms with Gasteiger partial charge in [-0.2, -0.15) is 0 Å². The Kier molecular flexibility index (Phi) is 43.5. The van der Waals surface area contributed by atoms with Crippen molar-refractivity contribution in [1.29, 1.82) is 0 Å². The maximum absolute atomic E-state index is 14.8. The third-order valence-electron chi connectivity index (χ3n) is 14.4. The largest absolute Gasteiger partial charge is 0.481 e. The molecule has 95 heavy (non-hydrogen) atoms. The lowest BCUT2D eigenvalue weighted by Gasteiger charge is -2.29. The number of carbonyl (C=O) groups excluding carboxylic acids is 10. The van der Waals surface area contributed by atoms with Gasteiger partial charge >= 0.3 is 5.97 Å². The van der Waals surface area contributed by atoms with Crippen molar-refractivity contribution >= 4 is 88.9 Å². The summed E-state index contributed by atoms with van der Waals surface area (Å²) >= 11 is 0. The maximum atomic E-state index is 14.8. The van der Waals surface area contributed by atoms with Crippen LogP contribution in [0.1, 0.15) is 158 Å². The van der Waals surface area contributed by atoms with E-state index in [1.807, 2.05) is 27.7 Å². The van der Waals surface area contributed by atoms with Crippen LogP contribution in [0.5, 0.6) is 0 Å². The molecular formula is C59H114N24O12. The number of primary amides is 1. The number of carboxylic acids is 1. The molecule has 0 aromatic rings. The average Bonchev–Trinajstić information content (AvgIpc) is 0.936. The molecule has 36 heteroatoms. The summed E-state index contributed by atoms with van der Waals surface area (Å²) in [6, 6.07) is -10.4. The topological polar surface area (TPSA) is 638 Å². The van der Waals surface area contributed by atoms with E-state index < -0.39 is 132 Å². The molecule has 0 saturated heterocycles. The van der Waals surface area contributed by atoms with Gasteiger partial charge in [0.25, 0.3) is 0 Å². The first-order valence-electron chi connectivity index (χ1n) is 32.4. The Bertz CT molecular complexity index is 2550. The molecule has 0 bridgehead atoms. The number of guanidine groups is 4. The second-order valence-electron chi connectivity index (χ2n) is 24.7. The Morgan fingerprint density at radius 1 is 0.379 bits per heavy atom. The highest BCUT2D eigenvalue weighted by Gasteiger charge is 2.35. The molecule has 10 amide bonds. The van der Waals surface area contributed by atoms with Crippen molar-refractivity contribution in [3.05, 3.63) is 0 Å². The smallest absolute Gasteiger partial charge is 0.303 e. The van der Waals surface area contributed by atoms with Crippen molar-refractivity contribution in [1.82, 2.24) is 53.2 Å². The summed E-state index contributed by atoms with van der Waals surface area (Å²) in [5, 5.41) is 36.6. The van der Waals surface area contributed by atoms with Crippen molar-refractivity contribution in [2.24, 2.45) is 101 Å². The van der Waals surface area contributed by atoms with Gasteiger partial charge in [0.05, 0.1) is 12.6 Å². The second kappa shape index (κ2) is 48.0. The molecule has 0 aliphatic heterocycles. The number of nitrogens with one attached hydrogen (secondary N) is 10. The van der Waals surface area contributed by atoms with Crippen molar-refractivity contribution in [2.45, 2.75) is 212 Å². The van der Waals surface area contributed by atoms with E-state index in [9.17, 15) is 52.7 Å². The molecule has 36 nitrogen and oxygen atoms in total. The van der Waals surface area contributed by atoms with Crippen molar-refractivity contribution in [3.63, 3.8) is 0 Å². The molecule has 0 aromatic carbocycles. The van der Waals surface area contributed by atoms with Crippen LogP contribution < -0.4 is 111 Å². The number of aliphatic carboxylic acids is 1. The molecular weight excluding hydrogens is 1240 g/mol. The number of aliphatic imine (C=N–C) groups is 4. The van der Waals surface area contributed by atoms with Gasteiger partial charge in [-0.05, 0) is 128 Å². The number of rotatable bonds is 51. The molecule has 10 atom stereocenters. The van der Waals surface area contributed by atoms with Gasteiger partial charge in [0.1, 0.15) is 42.3 Å². The fourth-order valence-electron chi connectivity index (χ4n) is 9.40. The fourth-order valence-corrected chi connectivity index (χ4v) is 9.40. The number of nitrogens with two attached hydrogens (primary N) is 10. The lowest BCUT2D eigenvalue weighted by molar-refractivity contribution is -0.138. The highest BCUT2D eigenvalue weighted by molar-refractivity contribution is 5.97. The van der Waals surface area contributed by atoms with Crippen LogP contribution in [-0.4, -0.2) is 194 Å². The van der Waals surface area contributed by atoms with Crippen LogP contribution in [-0.2, 0) is 52.7 Å². The first-order chi connectivity index (χ1) is 44.6. The van der Waals surface area contributed by atoms with Crippen LogP contribution in [0.4, 0.5) is 0 Å². The third kappa shape index (κ3) is 41.5. The number of unbranched alkanes of at least 4 members (excludes halogenated alkanes) is 1. The minimum absolute atomic E-state index is 0.00738. The number of amides is 10. The predicted molar refractivity (Wildman–Crippen MR) is 362 cm³/mol. The zero-order chi connectivity index (χ0) is 72.3. The van der Waals surface area contributed by atoms with Gasteiger partial charge in [-0.15, -0.1) is 0 Å². The molecule has 0 spiro atoms. The number of nitrogens with zero attached hydrogens (tertiary/aromatic N) is 4. The molecule has 0 aliphatic carbocycles. The number of carbonyl (C=O) groups is 11. The van der Waals surface area contributed by atoms with Crippen LogP contribution >= 0.6 is 0 Å². The zero-order valence-corrected chi connectivity index (χ0v) is 56.8. The molecule has 0 rings (SSSR count). The zero-order valence-electron chi connectivity index (χ0n) is 56.8. The number of hydrogen-bond acceptors (Lipinski definition) is 17. The number of hydrogen-bond donors (Lipinski definition) is 21. The van der Waals surface area contributed by atoms with Crippen LogP contribution in [0.3, 0.4) is 0 Å². The molecule has 0 aromatic heterocycles. The third-order valence-corrected chi connectivity index (χ3v) is 14.4. The van der Waals surface area contributed by atoms with Crippen molar-refractivity contribution in [2.75, 3.05) is 45.8 Å². The highest BCUT2D eigenvalue weighted by atomic mass is 16.4. The summed E-state index contributed by atoms with van der Waals surface area (Å²) in [4.78, 5) is 165. The molecule has 31 N–H and O–H groups in total. The first-order valence-corrected chi connectivity index (χ1v) is 32.4. The van der Waals surface area contributed by atoms with Gasteiger partial charge in [0.15, 0.2) is 23.8 Å². The van der Waals surface area contributed by atoms with E-state index in [0.29, 0.717) is 19.3 Å². The molecule has 0 radical (unpaired) electrons. The van der Waals surface area contributed by atoms with Gasteiger partial charge in [0, 0.05) is 51.1 Å². The normalized spacial score (nSPS) is 14.2. The fraction of sp³-hybridized carbons (Fsp3) is 0.746. The maximum Gasteiger partial charge on any atom is 0.303 e. The lowest BCUT2D eigenvalue weighted by atomic mass is 9.99. The Balaban J connectivity index is 7.39. The minimum atomic E-state index is -1.42. The molecule has 0 fully saturated rings. The summed E-state index contributed by atoms with van der Waals surface area (Å²) < 4.78 is 0. The SMILES string of the molecule is CC(C)C[C@H](NC[C@H](CCCN=C(N)N)NC(=O)[C@H](CCCN=C(N)N)NC(=O)[C@H](CCCN=C(N)N)NC(=O)[C@H](CCCCN)NC(=O)[C@H](CCCN=C(N)N)NC(=O)[C@H](CC(C)C)NC(=O)CNC(=O)[C@@H](C)CCC(=O)O)C(=O)N[C@@H](CC(C)C)C(=O)N[C@@H](C)C(N)=O. The molecule has 0 aliphatic rings. The van der Waals surface area contributed by atoms with Crippen LogP contribution in [0.25, 0.3) is 0 Å². The van der Waals surface area contributed by atoms with E-state index in [2.05, 4.69) is 73.1 Å². The van der Waals surface area contributed by atoms with Crippen molar-refractivity contribution in [3.8, 4) is 0 Å². The standard InChI is InChI=1S/C59H114N24O12/c1-32(2)27-42(53(93)83-44(29-34(5)6)54(94)76-36(8)47(61)87)74-30-37(15-11-23-70-56(62)63)77-49(89)39(17-12-24-71-57(64)65)80-51(91)40(18-13-25-72-58(66)67)81-50(90)38(16-9-10-22-60)79-52(92)41(19-14-26-73-59(68)69)82-55(95)43(28-33(3)4)78-45(84)31-75-48(88)35(7)20-21-46(85)86/h32-44,74H,9-31,60H2,1-8H3,(H2,61,87)(H,75,88)(H,76,94)(H,77,89)(H,78,84)(H,79,92)(H,80,91)(H,81,90)(H,82,95)(H,83,93)(H,85,86)(H4,62,63,70)(H4,64,65,71)(H4,66,67,72)(H4,68,69,73)/t35-,36-,37-,38-,39-,40-,41-,42-,43-,44-/m0/s1. The molecule has 0 unspecified atom stereocenters. The van der Waals surface area contributed by atoms with Crippen molar-refractivity contribution < 1.29 is 57.8 Å². The van der Waals surface area contributed by atoms with E-state index in [-0.39, 0.29) is 164 Å². The minimum Gasteiger partial charge on any atom is -0.481 e. The Morgan fingerprint density at radius 3 is 1.09 bits per heavy atom. The lowest BCUT2D eigenvalue weighted by Crippen LogP contribution is -2.60. The summed E-state index contributed by atoms with van der Waals surface area (Å²) in [5.41, 5.74) is 56.1. The first kappa shape index (κ1) is 86.2. The van der Waals surface area contributed by atoms with E-state index in [0.717, 1.165) is 0 Å². The summed E-state index contributed by atoms with van der Waals surface area (Å²) in [6.45, 7) is 13.9. The number of carboxylic acid groups (broad SMARTS) is 1. The quantitative estimate of drug-likeness (QED) is 0.0153. The van der Waals surface area contributed by atoms with E-state index in [1.54, 1.807) is 13.8 Å². The summed E-state index contributed by atoms with van der Waals surface area (Å²) in [6.07, 6.45) is 1.78. The summed E-state index contributed by atoms with van der Waals surface area (Å²) in [7, 11) is 0. The second-order valence-corrected chi connectivity index (χ2v) is 24.7. The average molecular weight is 1350 g/mol. The van der Waals surface area contributed by atoms with Gasteiger partial charge in [-0.25, -0.2) is 0 Å². The molecule has 542 valence electrons. The van der Waals surface area contributed by atoms with E-state index in [1.165, 1.54) is 13.8 Å². The van der Waals surface area contributed by atoms with Gasteiger partial charge < -0.3 is 116 Å². The Hall–Kier alpha value is -8.83. The van der Waals surface area contributed by atoms with Gasteiger partial charge in [0.2, 0.25) is 59.1 Å². The van der Waals surface area contributed by atoms with E-state index in [4.69, 9.17) is 62.4 Å². The highest BCUT2D eigenvalue weighted by Crippen LogP contribution is 2.14. The predicted octanol–water partition coefficient (Wildman–Crippen LogP) is -5.57. The summed E-state index contributed by atoms with van der Waals surface area (Å²) in [5.74, 6) is -10.2. The van der Waals surface area contributed by atoms with Crippen LogP contribution in [0.2, 0.25) is 0 Å². The molecule has 0 saturated carbocycles. The monoisotopic (exact) mass is 1350 g/mol. The van der Waals surface area contributed by atoms with Crippen LogP contribution in [0, 0.1) is 23.7 Å². The van der Waals surface area contributed by atoms with Gasteiger partial charge in [-0.3, -0.25) is 72.7 Å². The Labute approximate surface area is 557 Å². The Morgan fingerprint density at radius 2 is 0.716 bits per heavy atom. The van der Waals surface area contributed by atoms with E-state index >= 15 is 0 Å². The van der Waals surface area contributed by atoms with Gasteiger partial charge in [-0.1, -0.05) is 48.5 Å². The molecule has 0 heterocycles.